The number of benzene rings is 1. The van der Waals surface area contributed by atoms with E-state index in [0.29, 0.717) is 12.1 Å². The molecule has 0 aliphatic heterocycles. The van der Waals surface area contributed by atoms with Crippen LogP contribution in [0.3, 0.4) is 0 Å². The van der Waals surface area contributed by atoms with Crippen LogP contribution in [0.2, 0.25) is 0 Å². The van der Waals surface area contributed by atoms with Gasteiger partial charge in [0.1, 0.15) is 0 Å². The van der Waals surface area contributed by atoms with Gasteiger partial charge in [0.05, 0.1) is 11.4 Å². The van der Waals surface area contributed by atoms with Crippen LogP contribution in [0.1, 0.15) is 17.3 Å². The van der Waals surface area contributed by atoms with E-state index in [1.807, 2.05) is 0 Å². The molecule has 0 atom stereocenters. The first-order valence-electron chi connectivity index (χ1n) is 5.32. The molecule has 2 N–H and O–H groups in total. The molecule has 18 heavy (non-hydrogen) atoms. The van der Waals surface area contributed by atoms with Crippen LogP contribution in [-0.4, -0.2) is 27.4 Å². The van der Waals surface area contributed by atoms with E-state index < -0.39 is 10.0 Å². The number of hydrogen-bond acceptors (Lipinski definition) is 3. The summed E-state index contributed by atoms with van der Waals surface area (Å²) in [6.45, 7) is 2.25. The van der Waals surface area contributed by atoms with Gasteiger partial charge in [-0.05, 0) is 31.2 Å². The number of nitrogens with one attached hydrogen (secondary N) is 2. The molecule has 6 heteroatoms. The van der Waals surface area contributed by atoms with E-state index in [4.69, 9.17) is 6.42 Å². The first-order valence-corrected chi connectivity index (χ1v) is 6.81. The number of carbonyl (C=O) groups excluding carboxylic acids is 1. The fourth-order valence-electron chi connectivity index (χ4n) is 1.27. The molecule has 96 valence electrons. The van der Waals surface area contributed by atoms with Crippen LogP contribution in [0.15, 0.2) is 29.2 Å². The number of amides is 1. The predicted octanol–water partition coefficient (Wildman–Crippen LogP) is 0.348. The van der Waals surface area contributed by atoms with Crippen LogP contribution in [-0.2, 0) is 10.0 Å². The third kappa shape index (κ3) is 3.58. The monoisotopic (exact) mass is 266 g/mol. The van der Waals surface area contributed by atoms with Gasteiger partial charge >= 0.3 is 0 Å². The summed E-state index contributed by atoms with van der Waals surface area (Å²) in [5.41, 5.74) is 0.410. The maximum atomic E-state index is 11.7. The molecule has 0 fully saturated rings. The van der Waals surface area contributed by atoms with E-state index in [1.165, 1.54) is 24.3 Å². The highest BCUT2D eigenvalue weighted by atomic mass is 32.2. The molecule has 1 aromatic carbocycles. The summed E-state index contributed by atoms with van der Waals surface area (Å²) in [5, 5.41) is 2.62. The van der Waals surface area contributed by atoms with Crippen molar-refractivity contribution >= 4 is 15.9 Å². The lowest BCUT2D eigenvalue weighted by Crippen LogP contribution is -2.25. The second-order valence-electron chi connectivity index (χ2n) is 3.41. The van der Waals surface area contributed by atoms with Gasteiger partial charge < -0.3 is 5.32 Å². The highest BCUT2D eigenvalue weighted by molar-refractivity contribution is 7.89. The first kappa shape index (κ1) is 14.2. The lowest BCUT2D eigenvalue weighted by molar-refractivity contribution is 0.0955. The summed E-state index contributed by atoms with van der Waals surface area (Å²) in [6.07, 6.45) is 4.98. The molecule has 0 saturated carbocycles. The van der Waals surface area contributed by atoms with Crippen LogP contribution < -0.4 is 10.0 Å². The molecule has 0 unspecified atom stereocenters. The van der Waals surface area contributed by atoms with Crippen LogP contribution in [0.25, 0.3) is 0 Å². The number of sulfonamides is 1. The lowest BCUT2D eigenvalue weighted by atomic mass is 10.2. The normalized spacial score (nSPS) is 10.7. The van der Waals surface area contributed by atoms with Crippen LogP contribution >= 0.6 is 0 Å². The molecule has 0 aliphatic rings. The third-order valence-electron chi connectivity index (χ3n) is 2.13. The Hall–Kier alpha value is -1.84. The topological polar surface area (TPSA) is 75.3 Å². The number of carbonyl (C=O) groups is 1. The Morgan fingerprint density at radius 3 is 2.44 bits per heavy atom. The molecule has 0 bridgehead atoms. The van der Waals surface area contributed by atoms with Gasteiger partial charge in [0, 0.05) is 12.1 Å². The van der Waals surface area contributed by atoms with Crippen LogP contribution in [0.4, 0.5) is 0 Å². The van der Waals surface area contributed by atoms with Crippen molar-refractivity contribution in [3.63, 3.8) is 0 Å². The second-order valence-corrected chi connectivity index (χ2v) is 5.18. The van der Waals surface area contributed by atoms with Gasteiger partial charge in [-0.1, -0.05) is 5.92 Å². The fourth-order valence-corrected chi connectivity index (χ4v) is 2.20. The van der Waals surface area contributed by atoms with Crippen molar-refractivity contribution in [2.24, 2.45) is 0 Å². The number of terminal acetylenes is 1. The SMILES string of the molecule is C#CCNS(=O)(=O)c1ccc(C(=O)NCC)cc1. The molecule has 1 aromatic rings. The van der Waals surface area contributed by atoms with E-state index in [9.17, 15) is 13.2 Å². The summed E-state index contributed by atoms with van der Waals surface area (Å²) in [4.78, 5) is 11.5. The summed E-state index contributed by atoms with van der Waals surface area (Å²) in [5.74, 6) is 1.95. The average molecular weight is 266 g/mol. The Morgan fingerprint density at radius 1 is 1.33 bits per heavy atom. The van der Waals surface area contributed by atoms with Crippen molar-refractivity contribution in [2.45, 2.75) is 11.8 Å². The van der Waals surface area contributed by atoms with Gasteiger partial charge in [-0.25, -0.2) is 8.42 Å². The minimum Gasteiger partial charge on any atom is -0.352 e. The third-order valence-corrected chi connectivity index (χ3v) is 3.55. The van der Waals surface area contributed by atoms with Gasteiger partial charge in [-0.2, -0.15) is 4.72 Å². The summed E-state index contributed by atoms with van der Waals surface area (Å²) >= 11 is 0. The Balaban J connectivity index is 2.90. The van der Waals surface area contributed by atoms with E-state index in [1.54, 1.807) is 6.92 Å². The quantitative estimate of drug-likeness (QED) is 0.755. The van der Waals surface area contributed by atoms with E-state index in [0.717, 1.165) is 0 Å². The average Bonchev–Trinajstić information content (AvgIpc) is 2.37. The minimum absolute atomic E-state index is 0.0690. The van der Waals surface area contributed by atoms with Gasteiger partial charge in [0.2, 0.25) is 10.0 Å². The second kappa shape index (κ2) is 6.19. The van der Waals surface area contributed by atoms with Crippen LogP contribution in [0, 0.1) is 12.3 Å². The van der Waals surface area contributed by atoms with Crippen molar-refractivity contribution in [3.05, 3.63) is 29.8 Å². The highest BCUT2D eigenvalue weighted by Gasteiger charge is 2.13. The molecule has 0 radical (unpaired) electrons. The largest absolute Gasteiger partial charge is 0.352 e. The summed E-state index contributed by atoms with van der Waals surface area (Å²) in [6, 6.07) is 5.64. The fraction of sp³-hybridized carbons (Fsp3) is 0.250. The minimum atomic E-state index is -3.60. The Labute approximate surface area is 107 Å². The van der Waals surface area contributed by atoms with Crippen molar-refractivity contribution in [1.82, 2.24) is 10.0 Å². The maximum Gasteiger partial charge on any atom is 0.251 e. The van der Waals surface area contributed by atoms with Gasteiger partial charge in [-0.3, -0.25) is 4.79 Å². The van der Waals surface area contributed by atoms with Crippen LogP contribution in [0.5, 0.6) is 0 Å². The molecule has 0 spiro atoms. The number of rotatable bonds is 5. The van der Waals surface area contributed by atoms with Gasteiger partial charge in [0.25, 0.3) is 5.91 Å². The van der Waals surface area contributed by atoms with E-state index in [2.05, 4.69) is 16.0 Å². The zero-order valence-corrected chi connectivity index (χ0v) is 10.8. The molecular weight excluding hydrogens is 252 g/mol. The zero-order chi connectivity index (χ0) is 13.6. The molecule has 1 amide bonds. The molecule has 1 rings (SSSR count). The van der Waals surface area contributed by atoms with Crippen molar-refractivity contribution in [3.8, 4) is 12.3 Å². The zero-order valence-electron chi connectivity index (χ0n) is 9.93. The summed E-state index contributed by atoms with van der Waals surface area (Å²) < 4.78 is 25.6. The van der Waals surface area contributed by atoms with E-state index >= 15 is 0 Å². The molecule has 0 aliphatic carbocycles. The highest BCUT2D eigenvalue weighted by Crippen LogP contribution is 2.10. The molecule has 0 aromatic heterocycles. The molecule has 0 saturated heterocycles. The first-order chi connectivity index (χ1) is 8.51. The van der Waals surface area contributed by atoms with Crippen molar-refractivity contribution < 1.29 is 13.2 Å². The van der Waals surface area contributed by atoms with Crippen molar-refractivity contribution in [1.29, 1.82) is 0 Å². The summed E-state index contributed by atoms with van der Waals surface area (Å²) in [7, 11) is -3.60. The molecular formula is C12H14N2O3S. The Kier molecular flexibility index (Phi) is 4.89. The van der Waals surface area contributed by atoms with E-state index in [-0.39, 0.29) is 17.3 Å². The molecule has 0 heterocycles. The Bertz CT molecular complexity index is 556. The van der Waals surface area contributed by atoms with Gasteiger partial charge in [0.15, 0.2) is 0 Å². The standard InChI is InChI=1S/C12H14N2O3S/c1-3-9-14-18(16,17)11-7-5-10(6-8-11)12(15)13-4-2/h1,5-8,14H,4,9H2,2H3,(H,13,15). The molecule has 5 nitrogen and oxygen atoms in total. The lowest BCUT2D eigenvalue weighted by Gasteiger charge is -2.05. The van der Waals surface area contributed by atoms with Crippen molar-refractivity contribution in [2.75, 3.05) is 13.1 Å². The predicted molar refractivity (Wildman–Crippen MR) is 68.5 cm³/mol. The smallest absolute Gasteiger partial charge is 0.251 e. The maximum absolute atomic E-state index is 11.7. The van der Waals surface area contributed by atoms with Gasteiger partial charge in [-0.15, -0.1) is 6.42 Å². The Morgan fingerprint density at radius 2 is 1.94 bits per heavy atom. The number of hydrogen-bond donors (Lipinski definition) is 2.